The maximum absolute atomic E-state index is 12.2. The molecule has 3 rings (SSSR count). The average Bonchev–Trinajstić information content (AvgIpc) is 2.57. The minimum absolute atomic E-state index is 0.251. The second kappa shape index (κ2) is 7.00. The van der Waals surface area contributed by atoms with Crippen molar-refractivity contribution in [3.8, 4) is 0 Å². The van der Waals surface area contributed by atoms with E-state index < -0.39 is 0 Å². The van der Waals surface area contributed by atoms with Gasteiger partial charge in [0.05, 0.1) is 19.8 Å². The smallest absolute Gasteiger partial charge is 0.236 e. The van der Waals surface area contributed by atoms with E-state index in [1.807, 2.05) is 17.3 Å². The molecule has 2 aliphatic heterocycles. The van der Waals surface area contributed by atoms with Gasteiger partial charge in [-0.05, 0) is 49.5 Å². The summed E-state index contributed by atoms with van der Waals surface area (Å²) in [5.74, 6) is 0.864. The van der Waals surface area contributed by atoms with E-state index in [2.05, 4.69) is 22.0 Å². The summed E-state index contributed by atoms with van der Waals surface area (Å²) < 4.78 is 5.29. The first kappa shape index (κ1) is 14.5. The van der Waals surface area contributed by atoms with Crippen LogP contribution >= 0.6 is 0 Å². The Bertz CT molecular complexity index is 452. The fourth-order valence-corrected chi connectivity index (χ4v) is 3.16. The third-order valence-corrected chi connectivity index (χ3v) is 4.49. The number of hydrogen-bond acceptors (Lipinski definition) is 4. The minimum Gasteiger partial charge on any atom is -0.378 e. The van der Waals surface area contributed by atoms with E-state index in [1.54, 1.807) is 0 Å². The van der Waals surface area contributed by atoms with Crippen molar-refractivity contribution in [2.75, 3.05) is 45.9 Å². The Kier molecular flexibility index (Phi) is 4.83. The van der Waals surface area contributed by atoms with Gasteiger partial charge >= 0.3 is 0 Å². The van der Waals surface area contributed by atoms with Crippen LogP contribution in [0.25, 0.3) is 0 Å². The van der Waals surface area contributed by atoms with Crippen LogP contribution in [0.15, 0.2) is 24.5 Å². The van der Waals surface area contributed by atoms with E-state index in [0.29, 0.717) is 25.7 Å². The first-order chi connectivity index (χ1) is 10.3. The van der Waals surface area contributed by atoms with Gasteiger partial charge in [0.1, 0.15) is 0 Å². The molecule has 0 saturated carbocycles. The molecule has 0 aliphatic carbocycles. The number of likely N-dealkylation sites (tertiary alicyclic amines) is 1. The van der Waals surface area contributed by atoms with Crippen molar-refractivity contribution in [2.45, 2.75) is 18.8 Å². The van der Waals surface area contributed by atoms with Crippen LogP contribution in [-0.2, 0) is 9.53 Å². The third kappa shape index (κ3) is 3.80. The average molecular weight is 289 g/mol. The summed E-state index contributed by atoms with van der Waals surface area (Å²) in [4.78, 5) is 20.5. The summed E-state index contributed by atoms with van der Waals surface area (Å²) in [6, 6.07) is 4.22. The lowest BCUT2D eigenvalue weighted by atomic mass is 9.90. The molecule has 2 fully saturated rings. The quantitative estimate of drug-likeness (QED) is 0.836. The van der Waals surface area contributed by atoms with Crippen molar-refractivity contribution in [1.82, 2.24) is 14.8 Å². The van der Waals surface area contributed by atoms with Crippen LogP contribution in [0.5, 0.6) is 0 Å². The van der Waals surface area contributed by atoms with Crippen molar-refractivity contribution in [3.63, 3.8) is 0 Å². The molecule has 1 aromatic heterocycles. The molecule has 0 bridgehead atoms. The van der Waals surface area contributed by atoms with Crippen LogP contribution in [0.1, 0.15) is 24.3 Å². The summed E-state index contributed by atoms with van der Waals surface area (Å²) in [5.41, 5.74) is 1.38. The van der Waals surface area contributed by atoms with Gasteiger partial charge in [-0.1, -0.05) is 0 Å². The largest absolute Gasteiger partial charge is 0.378 e. The maximum atomic E-state index is 12.2. The van der Waals surface area contributed by atoms with E-state index in [0.717, 1.165) is 39.0 Å². The number of carbonyl (C=O) groups is 1. The molecule has 1 aromatic rings. The minimum atomic E-state index is 0.251. The second-order valence-corrected chi connectivity index (χ2v) is 5.82. The predicted octanol–water partition coefficient (Wildman–Crippen LogP) is 1.12. The molecule has 21 heavy (non-hydrogen) atoms. The molecule has 2 aliphatic rings. The Labute approximate surface area is 125 Å². The predicted molar refractivity (Wildman–Crippen MR) is 80.1 cm³/mol. The van der Waals surface area contributed by atoms with Gasteiger partial charge < -0.3 is 9.64 Å². The van der Waals surface area contributed by atoms with Gasteiger partial charge in [-0.2, -0.15) is 0 Å². The summed E-state index contributed by atoms with van der Waals surface area (Å²) in [7, 11) is 0. The number of hydrogen-bond donors (Lipinski definition) is 0. The number of morpholine rings is 1. The number of amides is 1. The van der Waals surface area contributed by atoms with Gasteiger partial charge in [0.2, 0.25) is 5.91 Å². The van der Waals surface area contributed by atoms with Gasteiger partial charge in [-0.15, -0.1) is 0 Å². The molecule has 3 heterocycles. The number of ether oxygens (including phenoxy) is 1. The summed E-state index contributed by atoms with van der Waals surface area (Å²) in [6.07, 6.45) is 5.98. The van der Waals surface area contributed by atoms with Crippen molar-refractivity contribution < 1.29 is 9.53 Å². The first-order valence-electron chi connectivity index (χ1n) is 7.81. The molecule has 114 valence electrons. The lowest BCUT2D eigenvalue weighted by Crippen LogP contribution is -2.47. The van der Waals surface area contributed by atoms with Crippen molar-refractivity contribution in [3.05, 3.63) is 30.1 Å². The van der Waals surface area contributed by atoms with E-state index in [4.69, 9.17) is 4.74 Å². The molecule has 1 amide bonds. The van der Waals surface area contributed by atoms with Gasteiger partial charge in [-0.3, -0.25) is 14.7 Å². The highest BCUT2D eigenvalue weighted by molar-refractivity contribution is 5.78. The number of pyridine rings is 1. The molecule has 0 N–H and O–H groups in total. The zero-order valence-corrected chi connectivity index (χ0v) is 12.4. The first-order valence-corrected chi connectivity index (χ1v) is 7.81. The van der Waals surface area contributed by atoms with Crippen LogP contribution < -0.4 is 0 Å². The van der Waals surface area contributed by atoms with Crippen LogP contribution in [0.3, 0.4) is 0 Å². The lowest BCUT2D eigenvalue weighted by molar-refractivity contribution is -0.136. The second-order valence-electron chi connectivity index (χ2n) is 5.82. The summed E-state index contributed by atoms with van der Waals surface area (Å²) in [5, 5.41) is 0. The molecular formula is C16H23N3O2. The topological polar surface area (TPSA) is 45.7 Å². The summed E-state index contributed by atoms with van der Waals surface area (Å²) in [6.45, 7) is 5.40. The molecule has 0 unspecified atom stereocenters. The van der Waals surface area contributed by atoms with Gasteiger partial charge in [-0.25, -0.2) is 0 Å². The zero-order chi connectivity index (χ0) is 14.5. The standard InChI is InChI=1S/C16H23N3O2/c20-16(19-9-11-21-12-10-19)13-18-7-3-15(4-8-18)14-1-5-17-6-2-14/h1-2,5-6,15H,3-4,7-13H2. The van der Waals surface area contributed by atoms with Crippen LogP contribution in [0.4, 0.5) is 0 Å². The molecule has 0 aromatic carbocycles. The molecule has 0 radical (unpaired) electrons. The lowest BCUT2D eigenvalue weighted by Gasteiger charge is -2.34. The van der Waals surface area contributed by atoms with Crippen LogP contribution in [0.2, 0.25) is 0 Å². The van der Waals surface area contributed by atoms with E-state index >= 15 is 0 Å². The Hall–Kier alpha value is -1.46. The highest BCUT2D eigenvalue weighted by Crippen LogP contribution is 2.27. The molecule has 5 nitrogen and oxygen atoms in total. The Morgan fingerprint density at radius 1 is 1.14 bits per heavy atom. The number of piperidine rings is 1. The number of aromatic nitrogens is 1. The molecule has 0 spiro atoms. The number of carbonyl (C=O) groups excluding carboxylic acids is 1. The normalized spacial score (nSPS) is 21.4. The Morgan fingerprint density at radius 2 is 1.81 bits per heavy atom. The van der Waals surface area contributed by atoms with E-state index in [9.17, 15) is 4.79 Å². The van der Waals surface area contributed by atoms with E-state index in [1.165, 1.54) is 5.56 Å². The van der Waals surface area contributed by atoms with Crippen molar-refractivity contribution in [1.29, 1.82) is 0 Å². The number of nitrogens with zero attached hydrogens (tertiary/aromatic N) is 3. The monoisotopic (exact) mass is 289 g/mol. The Morgan fingerprint density at radius 3 is 2.48 bits per heavy atom. The highest BCUT2D eigenvalue weighted by Gasteiger charge is 2.24. The van der Waals surface area contributed by atoms with Crippen molar-refractivity contribution >= 4 is 5.91 Å². The molecular weight excluding hydrogens is 266 g/mol. The summed E-state index contributed by atoms with van der Waals surface area (Å²) >= 11 is 0. The fourth-order valence-electron chi connectivity index (χ4n) is 3.16. The van der Waals surface area contributed by atoms with Crippen molar-refractivity contribution in [2.24, 2.45) is 0 Å². The SMILES string of the molecule is O=C(CN1CCC(c2ccncc2)CC1)N1CCOCC1. The third-order valence-electron chi connectivity index (χ3n) is 4.49. The molecule has 2 saturated heterocycles. The van der Waals surface area contributed by atoms with E-state index in [-0.39, 0.29) is 5.91 Å². The fraction of sp³-hybridized carbons (Fsp3) is 0.625. The van der Waals surface area contributed by atoms with Crippen LogP contribution in [-0.4, -0.2) is 66.6 Å². The highest BCUT2D eigenvalue weighted by atomic mass is 16.5. The molecule has 5 heteroatoms. The maximum Gasteiger partial charge on any atom is 0.236 e. The molecule has 0 atom stereocenters. The zero-order valence-electron chi connectivity index (χ0n) is 12.4. The van der Waals surface area contributed by atoms with Crippen LogP contribution in [0, 0.1) is 0 Å². The Balaban J connectivity index is 1.46. The number of rotatable bonds is 3. The van der Waals surface area contributed by atoms with Gasteiger partial charge in [0.25, 0.3) is 0 Å². The van der Waals surface area contributed by atoms with Gasteiger partial charge in [0.15, 0.2) is 0 Å². The van der Waals surface area contributed by atoms with Gasteiger partial charge in [0, 0.05) is 25.5 Å².